The van der Waals surface area contributed by atoms with Gasteiger partial charge in [0, 0.05) is 8.22 Å². The smallest absolute Gasteiger partial charge is 0.0620 e. The third-order valence-electron chi connectivity index (χ3n) is 3.77. The van der Waals surface area contributed by atoms with E-state index in [1.807, 2.05) is 0 Å². The molecule has 0 radical (unpaired) electrons. The minimum absolute atomic E-state index is 0.555. The Morgan fingerprint density at radius 1 is 0.636 bits per heavy atom. The molecule has 3 aromatic carbocycles. The molecule has 0 fully saturated rings. The molecule has 1 heteroatoms. The maximum atomic E-state index is 9.27. The Balaban J connectivity index is 2.60. The molecule has 0 atom stereocenters. The van der Waals surface area contributed by atoms with E-state index in [4.69, 9.17) is 8.22 Å². The first kappa shape index (κ1) is 8.65. The molecule has 0 aliphatic carbocycles. The third-order valence-corrected chi connectivity index (χ3v) is 7.65. The molecule has 22 heavy (non-hydrogen) atoms. The number of hydrogen-bond acceptors (Lipinski definition) is 0. The van der Waals surface area contributed by atoms with Crippen LogP contribution in [0.1, 0.15) is 23.3 Å². The summed E-state index contributed by atoms with van der Waals surface area (Å²) in [5, 5.41) is 1.67. The van der Waals surface area contributed by atoms with Crippen LogP contribution in [-0.4, -0.2) is 5.64 Å². The minimum Gasteiger partial charge on any atom is -0.0620 e. The molecule has 0 N–H and O–H groups in total. The molecule has 3 aromatic rings. The van der Waals surface area contributed by atoms with Gasteiger partial charge in [-0.3, -0.25) is 0 Å². The molecule has 0 nitrogen and oxygen atoms in total. The van der Waals surface area contributed by atoms with Crippen molar-refractivity contribution in [2.24, 2.45) is 0 Å². The van der Waals surface area contributed by atoms with Crippen molar-refractivity contribution in [1.29, 1.82) is 0 Å². The van der Waals surface area contributed by atoms with E-state index in [2.05, 4.69) is 0 Å². The molecule has 0 unspecified atom stereocenters. The Bertz CT molecular complexity index is 825. The highest BCUT2D eigenvalue weighted by molar-refractivity contribution is 7.96. The monoisotopic (exact) mass is 312 g/mol. The average Bonchev–Trinajstić information content (AvgIpc) is 2.69. The van der Waals surface area contributed by atoms with Crippen LogP contribution in [0, 0.1) is 0 Å². The fraction of sp³-hybridized carbons (Fsp3) is 0.143. The molecule has 0 aromatic heterocycles. The highest BCUT2D eigenvalue weighted by Crippen LogP contribution is 2.59. The topological polar surface area (TPSA) is 0 Å². The Morgan fingerprint density at radius 3 is 1.23 bits per heavy atom. The summed E-state index contributed by atoms with van der Waals surface area (Å²) in [6.07, 6.45) is 0. The van der Waals surface area contributed by atoms with Crippen molar-refractivity contribution in [2.75, 3.05) is 0 Å². The van der Waals surface area contributed by atoms with Crippen LogP contribution in [0.5, 0.6) is 0 Å². The molecule has 110 valence electrons. The number of rotatable bonds is 4. The summed E-state index contributed by atoms with van der Waals surface area (Å²) in [4.78, 5) is 0. The lowest BCUT2D eigenvalue weighted by atomic mass is 10.3. The molecule has 0 saturated heterocycles. The second-order valence-electron chi connectivity index (χ2n) is 5.03. The lowest BCUT2D eigenvalue weighted by Gasteiger charge is -2.31. The van der Waals surface area contributed by atoms with Crippen molar-refractivity contribution in [3.8, 4) is 0 Å². The van der Waals surface area contributed by atoms with Crippen LogP contribution in [0.2, 0.25) is 0 Å². The van der Waals surface area contributed by atoms with Crippen molar-refractivity contribution in [3.05, 3.63) is 91.0 Å². The van der Waals surface area contributed by atoms with E-state index in [1.54, 1.807) is 91.0 Å². The minimum atomic E-state index is -3.48. The molecule has 0 spiro atoms. The van der Waals surface area contributed by atoms with E-state index in [0.29, 0.717) is 15.9 Å². The van der Waals surface area contributed by atoms with Crippen molar-refractivity contribution in [1.82, 2.24) is 0 Å². The van der Waals surface area contributed by atoms with Crippen molar-refractivity contribution >= 4 is 23.2 Å². The van der Waals surface area contributed by atoms with Crippen LogP contribution < -0.4 is 15.9 Å². The predicted octanol–water partition coefficient (Wildman–Crippen LogP) is 4.39. The highest BCUT2D eigenvalue weighted by Gasteiger charge is 2.48. The zero-order valence-electron chi connectivity index (χ0n) is 19.1. The molecule has 3 rings (SSSR count). The quantitative estimate of drug-likeness (QED) is 0.627. The molecule has 0 heterocycles. The summed E-state index contributed by atoms with van der Waals surface area (Å²) in [5.74, 6) is 0. The average molecular weight is 312 g/mol. The van der Waals surface area contributed by atoms with E-state index >= 15 is 0 Å². The fourth-order valence-corrected chi connectivity index (χ4v) is 6.32. The van der Waals surface area contributed by atoms with E-state index in [9.17, 15) is 1.37 Å². The first-order valence-electron chi connectivity index (χ1n) is 10.6. The van der Waals surface area contributed by atoms with Gasteiger partial charge in [0.05, 0.1) is 7.01 Å². The molecular weight excluding hydrogens is 283 g/mol. The maximum absolute atomic E-state index is 9.27. The normalized spacial score (nSPS) is 17.9. The summed E-state index contributed by atoms with van der Waals surface area (Å²) in [6.45, 7) is -6.12. The summed E-state index contributed by atoms with van der Waals surface area (Å²) >= 11 is 0. The maximum Gasteiger partial charge on any atom is 0.114 e. The second-order valence-corrected chi connectivity index (χ2v) is 8.36. The van der Waals surface area contributed by atoms with Gasteiger partial charge in [0.15, 0.2) is 0 Å². The Morgan fingerprint density at radius 2 is 0.955 bits per heavy atom. The Hall–Kier alpha value is -1.91. The van der Waals surface area contributed by atoms with Crippen molar-refractivity contribution < 1.29 is 9.60 Å². The van der Waals surface area contributed by atoms with Crippen LogP contribution in [0.25, 0.3) is 0 Å². The van der Waals surface area contributed by atoms with E-state index in [0.717, 1.165) is 0 Å². The lowest BCUT2D eigenvalue weighted by Crippen LogP contribution is -2.36. The van der Waals surface area contributed by atoms with Gasteiger partial charge in [0.2, 0.25) is 0 Å². The van der Waals surface area contributed by atoms with Crippen LogP contribution in [-0.2, 0) is 0 Å². The zero-order valence-corrected chi connectivity index (χ0v) is 13.0. The van der Waals surface area contributed by atoms with Gasteiger partial charge in [-0.2, -0.15) is 0 Å². The van der Waals surface area contributed by atoms with Crippen LogP contribution >= 0.6 is 7.26 Å². The van der Waals surface area contributed by atoms with E-state index < -0.39 is 26.6 Å². The van der Waals surface area contributed by atoms with E-state index in [-0.39, 0.29) is 0 Å². The summed E-state index contributed by atoms with van der Waals surface area (Å²) in [6, 6.07) is 26.4. The third kappa shape index (κ3) is 2.49. The first-order valence-corrected chi connectivity index (χ1v) is 8.92. The molecule has 0 bridgehead atoms. The second kappa shape index (κ2) is 6.46. The number of benzene rings is 3. The first-order chi connectivity index (χ1) is 13.6. The van der Waals surface area contributed by atoms with Gasteiger partial charge in [-0.1, -0.05) is 54.6 Å². The van der Waals surface area contributed by atoms with Crippen LogP contribution in [0.4, 0.5) is 0 Å². The molecule has 0 aliphatic rings. The molecular formula is C21H22P+. The Labute approximate surface area is 144 Å². The van der Waals surface area contributed by atoms with Crippen molar-refractivity contribution in [2.45, 2.75) is 19.3 Å². The highest BCUT2D eigenvalue weighted by atomic mass is 31.2. The number of hydrogen-bond donors (Lipinski definition) is 0. The lowest BCUT2D eigenvalue weighted by molar-refractivity contribution is 1.09. The Kier molecular flexibility index (Phi) is 2.54. The standard InChI is InChI=1S/C21H22P/c1-18(2)22(19-12-6-3-7-13-19,20-14-8-4-9-15-20)21-16-10-5-11-17-21/h3-18H,1-2H3/q+1/i1D3,2D3,18D. The van der Waals surface area contributed by atoms with Gasteiger partial charge in [0.25, 0.3) is 0 Å². The van der Waals surface area contributed by atoms with Gasteiger partial charge >= 0.3 is 0 Å². The molecule has 0 amide bonds. The zero-order chi connectivity index (χ0) is 21.3. The van der Waals surface area contributed by atoms with Gasteiger partial charge < -0.3 is 0 Å². The summed E-state index contributed by atoms with van der Waals surface area (Å²) < 4.78 is 58.8. The SMILES string of the molecule is [2H]C([2H])([2H])C([2H])(C([2H])([2H])[2H])[P+](c1ccccc1)(c1ccccc1)c1ccccc1. The van der Waals surface area contributed by atoms with Crippen molar-refractivity contribution in [3.63, 3.8) is 0 Å². The predicted molar refractivity (Wildman–Crippen MR) is 100 cm³/mol. The van der Waals surface area contributed by atoms with Gasteiger partial charge in [-0.05, 0) is 50.1 Å². The fourth-order valence-electron chi connectivity index (χ4n) is 2.79. The largest absolute Gasteiger partial charge is 0.114 e. The van der Waals surface area contributed by atoms with Gasteiger partial charge in [-0.15, -0.1) is 0 Å². The molecule has 0 aliphatic heterocycles. The van der Waals surface area contributed by atoms with Gasteiger partial charge in [-0.25, -0.2) is 0 Å². The van der Waals surface area contributed by atoms with Gasteiger partial charge in [0.1, 0.15) is 23.2 Å². The van der Waals surface area contributed by atoms with E-state index in [1.165, 1.54) is 0 Å². The molecule has 0 saturated carbocycles. The summed E-state index contributed by atoms with van der Waals surface area (Å²) in [7, 11) is -3.48. The van der Waals surface area contributed by atoms with Crippen LogP contribution in [0.3, 0.4) is 0 Å². The summed E-state index contributed by atoms with van der Waals surface area (Å²) in [5.41, 5.74) is -2.74. The van der Waals surface area contributed by atoms with Crippen LogP contribution in [0.15, 0.2) is 91.0 Å².